The number of anilines is 1. The van der Waals surface area contributed by atoms with Crippen molar-refractivity contribution in [3.05, 3.63) is 54.1 Å². The van der Waals surface area contributed by atoms with E-state index in [1.165, 1.54) is 38.2 Å². The topological polar surface area (TPSA) is 111 Å². The van der Waals surface area contributed by atoms with Gasteiger partial charge in [0.2, 0.25) is 0 Å². The van der Waals surface area contributed by atoms with Crippen molar-refractivity contribution in [2.24, 2.45) is 0 Å². The van der Waals surface area contributed by atoms with Gasteiger partial charge in [0, 0.05) is 12.7 Å². The summed E-state index contributed by atoms with van der Waals surface area (Å²) in [6, 6.07) is 11.8. The normalized spacial score (nSPS) is 12.0. The Morgan fingerprint density at radius 3 is 2.39 bits per heavy atom. The lowest BCUT2D eigenvalue weighted by Gasteiger charge is -2.13. The van der Waals surface area contributed by atoms with E-state index in [1.54, 1.807) is 24.3 Å². The van der Waals surface area contributed by atoms with Crippen LogP contribution in [-0.4, -0.2) is 40.1 Å². The van der Waals surface area contributed by atoms with E-state index in [0.717, 1.165) is 0 Å². The van der Waals surface area contributed by atoms with Crippen LogP contribution in [0.5, 0.6) is 5.75 Å². The molecule has 2 N–H and O–H groups in total. The average Bonchev–Trinajstić information content (AvgIpc) is 2.68. The molecule has 0 radical (unpaired) electrons. The van der Waals surface area contributed by atoms with Gasteiger partial charge < -0.3 is 14.8 Å². The number of amides is 1. The summed E-state index contributed by atoms with van der Waals surface area (Å²) >= 11 is 0. The van der Waals surface area contributed by atoms with Crippen LogP contribution in [0.25, 0.3) is 0 Å². The van der Waals surface area contributed by atoms with Gasteiger partial charge in [-0.05, 0) is 56.3 Å². The van der Waals surface area contributed by atoms with E-state index in [1.807, 2.05) is 6.92 Å². The fourth-order valence-electron chi connectivity index (χ4n) is 2.28. The minimum absolute atomic E-state index is 0.0188. The largest absolute Gasteiger partial charge is 0.494 e. The van der Waals surface area contributed by atoms with Crippen molar-refractivity contribution in [2.45, 2.75) is 24.8 Å². The van der Waals surface area contributed by atoms with Crippen LogP contribution in [0.1, 0.15) is 24.2 Å². The number of ether oxygens (including phenoxy) is 2. The molecule has 1 atom stereocenters. The van der Waals surface area contributed by atoms with Crippen molar-refractivity contribution in [1.82, 2.24) is 5.32 Å². The molecule has 0 saturated carbocycles. The number of likely N-dealkylation sites (N-methyl/N-ethyl adjacent to an activating group) is 1. The van der Waals surface area contributed by atoms with Gasteiger partial charge in [0.05, 0.1) is 17.1 Å². The summed E-state index contributed by atoms with van der Waals surface area (Å²) < 4.78 is 38.0. The van der Waals surface area contributed by atoms with Gasteiger partial charge in [-0.1, -0.05) is 6.07 Å². The van der Waals surface area contributed by atoms with Crippen molar-refractivity contribution in [3.63, 3.8) is 0 Å². The van der Waals surface area contributed by atoms with Crippen molar-refractivity contribution in [3.8, 4) is 5.75 Å². The number of sulfonamides is 1. The zero-order valence-corrected chi connectivity index (χ0v) is 16.6. The zero-order valence-electron chi connectivity index (χ0n) is 15.8. The highest BCUT2D eigenvalue weighted by molar-refractivity contribution is 7.92. The first-order valence-corrected chi connectivity index (χ1v) is 10.0. The molecule has 9 heteroatoms. The number of carbonyl (C=O) groups is 2. The van der Waals surface area contributed by atoms with Crippen LogP contribution in [0.4, 0.5) is 5.69 Å². The summed E-state index contributed by atoms with van der Waals surface area (Å²) in [4.78, 5) is 23.5. The Balaban J connectivity index is 2.16. The first kappa shape index (κ1) is 21.2. The van der Waals surface area contributed by atoms with E-state index >= 15 is 0 Å². The Kier molecular flexibility index (Phi) is 7.00. The second-order valence-electron chi connectivity index (χ2n) is 5.75. The molecule has 0 aromatic heterocycles. The van der Waals surface area contributed by atoms with E-state index in [2.05, 4.69) is 10.0 Å². The Morgan fingerprint density at radius 1 is 1.11 bits per heavy atom. The minimum Gasteiger partial charge on any atom is -0.494 e. The van der Waals surface area contributed by atoms with E-state index in [0.29, 0.717) is 18.0 Å². The maximum Gasteiger partial charge on any atom is 0.338 e. The summed E-state index contributed by atoms with van der Waals surface area (Å²) in [6.45, 7) is 3.78. The molecule has 0 heterocycles. The summed E-state index contributed by atoms with van der Waals surface area (Å²) in [6.07, 6.45) is -1.00. The van der Waals surface area contributed by atoms with Crippen LogP contribution in [0.2, 0.25) is 0 Å². The number of hydrogen-bond donors (Lipinski definition) is 2. The van der Waals surface area contributed by atoms with Crippen LogP contribution < -0.4 is 14.8 Å². The smallest absolute Gasteiger partial charge is 0.338 e. The summed E-state index contributed by atoms with van der Waals surface area (Å²) in [5.74, 6) is -0.635. The molecule has 0 aliphatic heterocycles. The summed E-state index contributed by atoms with van der Waals surface area (Å²) in [7, 11) is -2.50. The van der Waals surface area contributed by atoms with Gasteiger partial charge in [0.25, 0.3) is 15.9 Å². The maximum absolute atomic E-state index is 12.6. The Morgan fingerprint density at radius 2 is 1.79 bits per heavy atom. The number of rotatable bonds is 8. The van der Waals surface area contributed by atoms with Crippen LogP contribution in [-0.2, 0) is 19.6 Å². The molecular weight excluding hydrogens is 384 g/mol. The third kappa shape index (κ3) is 5.46. The second kappa shape index (κ2) is 9.23. The predicted octanol–water partition coefficient (Wildman–Crippen LogP) is 2.18. The molecule has 0 saturated heterocycles. The van der Waals surface area contributed by atoms with Crippen LogP contribution in [0.3, 0.4) is 0 Å². The van der Waals surface area contributed by atoms with E-state index in [-0.39, 0.29) is 10.5 Å². The number of benzene rings is 2. The Hall–Kier alpha value is -3.07. The molecule has 2 rings (SSSR count). The van der Waals surface area contributed by atoms with Crippen molar-refractivity contribution >= 4 is 27.6 Å². The lowest BCUT2D eigenvalue weighted by Crippen LogP contribution is -2.33. The van der Waals surface area contributed by atoms with Crippen molar-refractivity contribution in [1.29, 1.82) is 0 Å². The monoisotopic (exact) mass is 406 g/mol. The predicted molar refractivity (Wildman–Crippen MR) is 104 cm³/mol. The fraction of sp³-hybridized carbons (Fsp3) is 0.263. The first-order chi connectivity index (χ1) is 13.3. The Bertz CT molecular complexity index is 941. The van der Waals surface area contributed by atoms with Gasteiger partial charge in [-0.25, -0.2) is 13.2 Å². The molecule has 2 aromatic rings. The summed E-state index contributed by atoms with van der Waals surface area (Å²) in [5.41, 5.74) is 0.370. The molecule has 0 aliphatic carbocycles. The summed E-state index contributed by atoms with van der Waals surface area (Å²) in [5, 5.41) is 2.37. The second-order valence-corrected chi connectivity index (χ2v) is 7.43. The SMILES string of the molecule is CCOc1ccc(NS(=O)(=O)c2cccc(C(=O)O[C@H](C)C(=O)NC)c2)cc1. The van der Waals surface area contributed by atoms with Gasteiger partial charge in [-0.3, -0.25) is 9.52 Å². The molecule has 0 unspecified atom stereocenters. The van der Waals surface area contributed by atoms with Gasteiger partial charge in [0.1, 0.15) is 5.75 Å². The van der Waals surface area contributed by atoms with Crippen LogP contribution in [0, 0.1) is 0 Å². The van der Waals surface area contributed by atoms with Crippen LogP contribution >= 0.6 is 0 Å². The lowest BCUT2D eigenvalue weighted by atomic mass is 10.2. The molecule has 28 heavy (non-hydrogen) atoms. The molecule has 1 amide bonds. The molecule has 0 fully saturated rings. The molecule has 8 nitrogen and oxygen atoms in total. The standard InChI is InChI=1S/C19H22N2O6S/c1-4-26-16-10-8-15(9-11-16)21-28(24,25)17-7-5-6-14(12-17)19(23)27-13(2)18(22)20-3/h5-13,21H,4H2,1-3H3,(H,20,22)/t13-/m1/s1. The molecular formula is C19H22N2O6S. The van der Waals surface area contributed by atoms with Gasteiger partial charge in [-0.2, -0.15) is 0 Å². The minimum atomic E-state index is -3.92. The zero-order chi connectivity index (χ0) is 20.7. The van der Waals surface area contributed by atoms with Gasteiger partial charge in [0.15, 0.2) is 6.10 Å². The lowest BCUT2D eigenvalue weighted by molar-refractivity contribution is -0.128. The average molecular weight is 406 g/mol. The number of esters is 1. The van der Waals surface area contributed by atoms with Gasteiger partial charge >= 0.3 is 5.97 Å². The number of nitrogens with one attached hydrogen (secondary N) is 2. The number of carbonyl (C=O) groups excluding carboxylic acids is 2. The fourth-order valence-corrected chi connectivity index (χ4v) is 3.38. The third-order valence-electron chi connectivity index (χ3n) is 3.70. The van der Waals surface area contributed by atoms with E-state index in [4.69, 9.17) is 9.47 Å². The highest BCUT2D eigenvalue weighted by Crippen LogP contribution is 2.20. The van der Waals surface area contributed by atoms with E-state index in [9.17, 15) is 18.0 Å². The number of hydrogen-bond acceptors (Lipinski definition) is 6. The molecule has 150 valence electrons. The van der Waals surface area contributed by atoms with Crippen molar-refractivity contribution < 1.29 is 27.5 Å². The highest BCUT2D eigenvalue weighted by Gasteiger charge is 2.20. The molecule has 2 aromatic carbocycles. The van der Waals surface area contributed by atoms with E-state index < -0.39 is 28.0 Å². The first-order valence-electron chi connectivity index (χ1n) is 8.55. The van der Waals surface area contributed by atoms with Crippen LogP contribution in [0.15, 0.2) is 53.4 Å². The molecule has 0 spiro atoms. The maximum atomic E-state index is 12.6. The highest BCUT2D eigenvalue weighted by atomic mass is 32.2. The Labute approximate surface area is 163 Å². The quantitative estimate of drug-likeness (QED) is 0.650. The van der Waals surface area contributed by atoms with Crippen molar-refractivity contribution in [2.75, 3.05) is 18.4 Å². The molecule has 0 aliphatic rings. The third-order valence-corrected chi connectivity index (χ3v) is 5.08. The van der Waals surface area contributed by atoms with Gasteiger partial charge in [-0.15, -0.1) is 0 Å². The molecule has 0 bridgehead atoms.